The molecule has 2 aliphatic rings. The monoisotopic (exact) mass is 433 g/mol. The van der Waals surface area contributed by atoms with Crippen LogP contribution >= 0.6 is 38.5 Å². The number of rotatable bonds is 3. The van der Waals surface area contributed by atoms with Crippen LogP contribution in [0, 0.1) is 5.92 Å². The second-order valence-electron chi connectivity index (χ2n) is 4.78. The van der Waals surface area contributed by atoms with Crippen LogP contribution in [0.1, 0.15) is 5.56 Å². The number of carbonyl (C=O) groups excluding carboxylic acids is 1. The lowest BCUT2D eigenvalue weighted by molar-refractivity contribution is -0.131. The fraction of sp³-hybridized carbons (Fsp3) is 0.357. The molecule has 0 saturated carbocycles. The Morgan fingerprint density at radius 3 is 2.63 bits per heavy atom. The number of carbonyl (C=O) groups is 1. The molecule has 0 radical (unpaired) electrons. The molecule has 1 aromatic carbocycles. The van der Waals surface area contributed by atoms with Crippen molar-refractivity contribution in [2.24, 2.45) is 5.92 Å². The number of methoxy groups -OCH3 is 1. The number of amides is 1. The Morgan fingerprint density at radius 1 is 1.37 bits per heavy atom. The summed E-state index contributed by atoms with van der Waals surface area (Å²) in [5, 5.41) is 0. The van der Waals surface area contributed by atoms with Gasteiger partial charge in [0.05, 0.1) is 23.9 Å². The van der Waals surface area contributed by atoms with E-state index in [1.165, 1.54) is 3.58 Å². The van der Waals surface area contributed by atoms with Gasteiger partial charge >= 0.3 is 0 Å². The van der Waals surface area contributed by atoms with Crippen molar-refractivity contribution in [3.8, 4) is 5.75 Å². The Balaban J connectivity index is 1.80. The Kier molecular flexibility index (Phi) is 3.59. The molecule has 1 aliphatic heterocycles. The maximum atomic E-state index is 12.3. The van der Waals surface area contributed by atoms with Crippen LogP contribution in [0.15, 0.2) is 33.9 Å². The van der Waals surface area contributed by atoms with Gasteiger partial charge in [0, 0.05) is 10.1 Å². The van der Waals surface area contributed by atoms with Gasteiger partial charge in [-0.05, 0) is 40.3 Å². The number of alkyl halides is 1. The minimum absolute atomic E-state index is 0.00940. The van der Waals surface area contributed by atoms with Gasteiger partial charge < -0.3 is 9.64 Å². The van der Waals surface area contributed by atoms with E-state index in [1.54, 1.807) is 7.11 Å². The molecule has 1 fully saturated rings. The Bertz CT molecular complexity index is 543. The predicted molar refractivity (Wildman–Crippen MR) is 85.6 cm³/mol. The summed E-state index contributed by atoms with van der Waals surface area (Å²) < 4.78 is 6.41. The van der Waals surface area contributed by atoms with E-state index in [4.69, 9.17) is 4.74 Å². The quantitative estimate of drug-likeness (QED) is 0.541. The minimum atomic E-state index is 0.00940. The van der Waals surface area contributed by atoms with Gasteiger partial charge in [-0.3, -0.25) is 4.79 Å². The molecule has 3 nitrogen and oxygen atoms in total. The standard InChI is InChI=1S/C14H13BrINO2/c1-19-9-4-2-8(3-5-9)7-17-13-11(16)6-10(12(13)15)14(17)18/h2-6,10,12-13H,7H2,1H3/t10-,12+,13+/m0/s1. The highest BCUT2D eigenvalue weighted by Crippen LogP contribution is 2.45. The first-order valence-electron chi connectivity index (χ1n) is 6.06. The number of hydrogen-bond donors (Lipinski definition) is 0. The number of fused-ring (bicyclic) bond motifs is 2. The van der Waals surface area contributed by atoms with Gasteiger partial charge in [0.1, 0.15) is 5.75 Å². The van der Waals surface area contributed by atoms with Gasteiger partial charge in [-0.2, -0.15) is 0 Å². The fourth-order valence-corrected chi connectivity index (χ4v) is 5.23. The van der Waals surface area contributed by atoms with E-state index < -0.39 is 0 Å². The number of likely N-dealkylation sites (tertiary alicyclic amines) is 1. The zero-order valence-corrected chi connectivity index (χ0v) is 14.1. The van der Waals surface area contributed by atoms with Crippen molar-refractivity contribution >= 4 is 44.4 Å². The molecule has 100 valence electrons. The van der Waals surface area contributed by atoms with Gasteiger partial charge in [0.2, 0.25) is 5.91 Å². The average molecular weight is 434 g/mol. The lowest BCUT2D eigenvalue weighted by atomic mass is 10.1. The summed E-state index contributed by atoms with van der Waals surface area (Å²) >= 11 is 5.99. The zero-order valence-electron chi connectivity index (χ0n) is 10.3. The average Bonchev–Trinajstić information content (AvgIpc) is 2.82. The van der Waals surface area contributed by atoms with E-state index in [1.807, 2.05) is 29.2 Å². The summed E-state index contributed by atoms with van der Waals surface area (Å²) in [4.78, 5) is 14.5. The van der Waals surface area contributed by atoms with Crippen LogP contribution in [-0.2, 0) is 11.3 Å². The Labute approximate surface area is 134 Å². The van der Waals surface area contributed by atoms with Crippen LogP contribution < -0.4 is 4.74 Å². The molecule has 19 heavy (non-hydrogen) atoms. The summed E-state index contributed by atoms with van der Waals surface area (Å²) in [7, 11) is 1.65. The first-order chi connectivity index (χ1) is 9.11. The predicted octanol–water partition coefficient (Wildman–Crippen LogP) is 3.12. The molecule has 3 rings (SSSR count). The van der Waals surface area contributed by atoms with E-state index >= 15 is 0 Å². The molecule has 1 aliphatic carbocycles. The third-order valence-corrected chi connectivity index (χ3v) is 5.75. The van der Waals surface area contributed by atoms with Crippen molar-refractivity contribution < 1.29 is 9.53 Å². The molecule has 1 aromatic rings. The topological polar surface area (TPSA) is 29.5 Å². The Hall–Kier alpha value is -0.560. The van der Waals surface area contributed by atoms with Crippen LogP contribution in [0.25, 0.3) is 0 Å². The number of ether oxygens (including phenoxy) is 1. The molecule has 0 N–H and O–H groups in total. The second kappa shape index (κ2) is 5.09. The van der Waals surface area contributed by atoms with Crippen molar-refractivity contribution in [3.05, 3.63) is 39.5 Å². The zero-order chi connectivity index (χ0) is 13.6. The third-order valence-electron chi connectivity index (χ3n) is 3.68. The molecule has 0 aromatic heterocycles. The van der Waals surface area contributed by atoms with Crippen LogP contribution in [-0.4, -0.2) is 28.8 Å². The normalized spacial score (nSPS) is 28.8. The van der Waals surface area contributed by atoms with Crippen molar-refractivity contribution in [2.75, 3.05) is 7.11 Å². The molecular formula is C14H13BrINO2. The fourth-order valence-electron chi connectivity index (χ4n) is 2.67. The van der Waals surface area contributed by atoms with E-state index in [0.29, 0.717) is 6.54 Å². The van der Waals surface area contributed by atoms with Gasteiger partial charge in [-0.15, -0.1) is 0 Å². The summed E-state index contributed by atoms with van der Waals surface area (Å²) in [5.41, 5.74) is 1.13. The first-order valence-corrected chi connectivity index (χ1v) is 8.06. The van der Waals surface area contributed by atoms with Gasteiger partial charge in [0.15, 0.2) is 0 Å². The lowest BCUT2D eigenvalue weighted by Gasteiger charge is -2.27. The lowest BCUT2D eigenvalue weighted by Crippen LogP contribution is -2.36. The van der Waals surface area contributed by atoms with Crippen LogP contribution in [0.3, 0.4) is 0 Å². The molecular weight excluding hydrogens is 421 g/mol. The van der Waals surface area contributed by atoms with Crippen molar-refractivity contribution in [1.29, 1.82) is 0 Å². The summed E-state index contributed by atoms with van der Waals surface area (Å²) in [6, 6.07) is 8.08. The van der Waals surface area contributed by atoms with Crippen LogP contribution in [0.4, 0.5) is 0 Å². The highest BCUT2D eigenvalue weighted by Gasteiger charge is 2.51. The highest BCUT2D eigenvalue weighted by molar-refractivity contribution is 14.1. The number of nitrogens with zero attached hydrogens (tertiary/aromatic N) is 1. The van der Waals surface area contributed by atoms with E-state index in [9.17, 15) is 4.79 Å². The van der Waals surface area contributed by atoms with E-state index in [2.05, 4.69) is 44.6 Å². The van der Waals surface area contributed by atoms with Crippen molar-refractivity contribution in [1.82, 2.24) is 4.90 Å². The number of hydrogen-bond acceptors (Lipinski definition) is 2. The largest absolute Gasteiger partial charge is 0.497 e. The maximum Gasteiger partial charge on any atom is 0.231 e. The molecule has 0 unspecified atom stereocenters. The van der Waals surface area contributed by atoms with E-state index in [0.717, 1.165) is 11.3 Å². The minimum Gasteiger partial charge on any atom is -0.497 e. The van der Waals surface area contributed by atoms with Crippen LogP contribution in [0.2, 0.25) is 0 Å². The number of halogens is 2. The van der Waals surface area contributed by atoms with Crippen molar-refractivity contribution in [2.45, 2.75) is 17.4 Å². The molecule has 1 heterocycles. The highest BCUT2D eigenvalue weighted by atomic mass is 127. The van der Waals surface area contributed by atoms with Crippen molar-refractivity contribution in [3.63, 3.8) is 0 Å². The number of benzene rings is 1. The SMILES string of the molecule is COc1ccc(CN2C(=O)[C@H]3C=C(I)[C@@H]2[C@@H]3Br)cc1. The first kappa shape index (κ1) is 13.4. The molecule has 2 bridgehead atoms. The van der Waals surface area contributed by atoms with Gasteiger partial charge in [-0.25, -0.2) is 0 Å². The maximum absolute atomic E-state index is 12.3. The van der Waals surface area contributed by atoms with Gasteiger partial charge in [0.25, 0.3) is 0 Å². The summed E-state index contributed by atoms with van der Waals surface area (Å²) in [6.45, 7) is 0.659. The smallest absolute Gasteiger partial charge is 0.231 e. The molecule has 1 amide bonds. The molecule has 3 atom stereocenters. The van der Waals surface area contributed by atoms with Crippen LogP contribution in [0.5, 0.6) is 5.75 Å². The molecule has 5 heteroatoms. The molecule has 1 saturated heterocycles. The molecule has 0 spiro atoms. The van der Waals surface area contributed by atoms with E-state index in [-0.39, 0.29) is 22.7 Å². The second-order valence-corrected chi connectivity index (χ2v) is 7.08. The van der Waals surface area contributed by atoms with Gasteiger partial charge in [-0.1, -0.05) is 34.1 Å². The Morgan fingerprint density at radius 2 is 2.05 bits per heavy atom. The summed E-state index contributed by atoms with van der Waals surface area (Å²) in [5.74, 6) is 1.07. The third kappa shape index (κ3) is 2.20. The summed E-state index contributed by atoms with van der Waals surface area (Å²) in [6.07, 6.45) is 2.08.